The summed E-state index contributed by atoms with van der Waals surface area (Å²) in [7, 11) is 0. The van der Waals surface area contributed by atoms with Gasteiger partial charge in [0.2, 0.25) is 5.91 Å². The van der Waals surface area contributed by atoms with Gasteiger partial charge in [-0.3, -0.25) is 9.59 Å². The molecule has 0 heterocycles. The van der Waals surface area contributed by atoms with E-state index in [0.29, 0.717) is 19.4 Å². The van der Waals surface area contributed by atoms with Gasteiger partial charge < -0.3 is 20.3 Å². The van der Waals surface area contributed by atoms with E-state index in [1.807, 2.05) is 6.08 Å². The summed E-state index contributed by atoms with van der Waals surface area (Å²) >= 11 is 0. The third-order valence-electron chi connectivity index (χ3n) is 10.1. The lowest BCUT2D eigenvalue weighted by molar-refractivity contribution is -0.143. The molecule has 0 fully saturated rings. The maximum absolute atomic E-state index is 12.3. The fourth-order valence-electron chi connectivity index (χ4n) is 6.48. The van der Waals surface area contributed by atoms with Crippen LogP contribution in [0.1, 0.15) is 219 Å². The first-order valence-electron chi connectivity index (χ1n) is 22.9. The summed E-state index contributed by atoms with van der Waals surface area (Å²) in [6, 6.07) is -0.648. The summed E-state index contributed by atoms with van der Waals surface area (Å²) in [6.07, 6.45) is 52.4. The van der Waals surface area contributed by atoms with Crippen LogP contribution in [0, 0.1) is 0 Å². The Balaban J connectivity index is 3.57. The standard InChI is InChI=1S/C48H87NO5/c1-3-5-7-9-11-13-15-16-17-18-19-22-26-30-34-38-42-48(53)54-43-39-35-31-27-23-20-21-25-29-33-37-41-47(52)49-45(44-50)46(51)40-36-32-28-24-14-12-10-8-6-4-2/h13,15,17-18,23,27,36,40,45-46,50-51H,3-12,14,16,19-22,24-26,28-35,37-39,41-44H2,1-2H3,(H,49,52)/b15-13-,18-17-,27-23-,40-36+. The highest BCUT2D eigenvalue weighted by Gasteiger charge is 2.18. The molecule has 3 N–H and O–H groups in total. The van der Waals surface area contributed by atoms with E-state index in [4.69, 9.17) is 4.74 Å². The second-order valence-electron chi connectivity index (χ2n) is 15.4. The molecular weight excluding hydrogens is 671 g/mol. The molecule has 6 heteroatoms. The topological polar surface area (TPSA) is 95.9 Å². The van der Waals surface area contributed by atoms with Crippen LogP contribution in [-0.4, -0.2) is 47.4 Å². The molecule has 0 aromatic carbocycles. The highest BCUT2D eigenvalue weighted by Crippen LogP contribution is 2.12. The van der Waals surface area contributed by atoms with Gasteiger partial charge in [-0.15, -0.1) is 0 Å². The first kappa shape index (κ1) is 51.8. The minimum absolute atomic E-state index is 0.0482. The zero-order valence-corrected chi connectivity index (χ0v) is 35.4. The number of allylic oxidation sites excluding steroid dienone is 7. The number of esters is 1. The molecule has 0 bridgehead atoms. The van der Waals surface area contributed by atoms with Gasteiger partial charge in [0.05, 0.1) is 25.4 Å². The molecule has 0 radical (unpaired) electrons. The summed E-state index contributed by atoms with van der Waals surface area (Å²) in [4.78, 5) is 24.3. The molecule has 2 atom stereocenters. The van der Waals surface area contributed by atoms with Gasteiger partial charge >= 0.3 is 5.97 Å². The molecule has 0 aromatic heterocycles. The summed E-state index contributed by atoms with van der Waals surface area (Å²) in [5.41, 5.74) is 0. The van der Waals surface area contributed by atoms with Crippen molar-refractivity contribution < 1.29 is 24.5 Å². The first-order valence-corrected chi connectivity index (χ1v) is 22.9. The number of rotatable bonds is 41. The SMILES string of the molecule is CCCCCC/C=C\C/C=C\CCCCCCCC(=O)OCCCC/C=C\CCCCCCCC(=O)NC(CO)C(O)/C=C/CCCCCCCCCC. The van der Waals surface area contributed by atoms with Gasteiger partial charge in [-0.05, 0) is 89.9 Å². The second kappa shape index (κ2) is 43.5. The number of aliphatic hydroxyl groups is 2. The van der Waals surface area contributed by atoms with Crippen LogP contribution in [0.5, 0.6) is 0 Å². The zero-order valence-electron chi connectivity index (χ0n) is 35.4. The number of carbonyl (C=O) groups is 2. The quantitative estimate of drug-likeness (QED) is 0.0328. The van der Waals surface area contributed by atoms with E-state index in [1.54, 1.807) is 6.08 Å². The average Bonchev–Trinajstić information content (AvgIpc) is 3.17. The first-order chi connectivity index (χ1) is 26.5. The Morgan fingerprint density at radius 1 is 0.519 bits per heavy atom. The van der Waals surface area contributed by atoms with Crippen molar-refractivity contribution in [1.82, 2.24) is 5.32 Å². The van der Waals surface area contributed by atoms with Crippen LogP contribution in [-0.2, 0) is 14.3 Å². The van der Waals surface area contributed by atoms with Crippen molar-refractivity contribution >= 4 is 11.9 Å². The lowest BCUT2D eigenvalue weighted by atomic mass is 10.1. The summed E-state index contributed by atoms with van der Waals surface area (Å²) < 4.78 is 5.42. The highest BCUT2D eigenvalue weighted by molar-refractivity contribution is 5.76. The van der Waals surface area contributed by atoms with Crippen molar-refractivity contribution in [1.29, 1.82) is 0 Å². The number of amides is 1. The van der Waals surface area contributed by atoms with Crippen molar-refractivity contribution in [3.05, 3.63) is 48.6 Å². The van der Waals surface area contributed by atoms with Crippen molar-refractivity contribution in [3.63, 3.8) is 0 Å². The lowest BCUT2D eigenvalue weighted by Gasteiger charge is -2.20. The van der Waals surface area contributed by atoms with Crippen molar-refractivity contribution in [3.8, 4) is 0 Å². The molecule has 1 amide bonds. The highest BCUT2D eigenvalue weighted by atomic mass is 16.5. The number of ether oxygens (including phenoxy) is 1. The number of hydrogen-bond acceptors (Lipinski definition) is 5. The lowest BCUT2D eigenvalue weighted by Crippen LogP contribution is -2.45. The normalized spacial score (nSPS) is 13.2. The molecule has 0 spiro atoms. The van der Waals surface area contributed by atoms with Gasteiger partial charge in [0.1, 0.15) is 0 Å². The molecule has 0 rings (SSSR count). The van der Waals surface area contributed by atoms with E-state index in [1.165, 1.54) is 96.3 Å². The van der Waals surface area contributed by atoms with E-state index >= 15 is 0 Å². The summed E-state index contributed by atoms with van der Waals surface area (Å²) in [5.74, 6) is -0.151. The fraction of sp³-hybridized carbons (Fsp3) is 0.792. The number of nitrogens with one attached hydrogen (secondary N) is 1. The van der Waals surface area contributed by atoms with Crippen LogP contribution in [0.3, 0.4) is 0 Å². The number of unbranched alkanes of at least 4 members (excludes halogenated alkanes) is 24. The summed E-state index contributed by atoms with van der Waals surface area (Å²) in [6.45, 7) is 4.75. The average molecular weight is 758 g/mol. The predicted molar refractivity (Wildman–Crippen MR) is 232 cm³/mol. The molecule has 0 saturated carbocycles. The van der Waals surface area contributed by atoms with E-state index in [9.17, 15) is 19.8 Å². The van der Waals surface area contributed by atoms with E-state index in [2.05, 4.69) is 55.6 Å². The molecule has 0 aliphatic carbocycles. The Kier molecular flexibility index (Phi) is 41.8. The van der Waals surface area contributed by atoms with Crippen LogP contribution >= 0.6 is 0 Å². The Labute approximate surface area is 334 Å². The maximum Gasteiger partial charge on any atom is 0.305 e. The molecular formula is C48H87NO5. The van der Waals surface area contributed by atoms with Crippen molar-refractivity contribution in [2.24, 2.45) is 0 Å². The van der Waals surface area contributed by atoms with E-state index in [-0.39, 0.29) is 18.5 Å². The Bertz CT molecular complexity index is 926. The minimum Gasteiger partial charge on any atom is -0.466 e. The van der Waals surface area contributed by atoms with E-state index < -0.39 is 12.1 Å². The molecule has 0 aromatic rings. The monoisotopic (exact) mass is 758 g/mol. The molecule has 0 aliphatic rings. The third kappa shape index (κ3) is 39.5. The van der Waals surface area contributed by atoms with Crippen LogP contribution in [0.4, 0.5) is 0 Å². The van der Waals surface area contributed by atoms with Gasteiger partial charge in [-0.25, -0.2) is 0 Å². The predicted octanol–water partition coefficient (Wildman–Crippen LogP) is 13.1. The molecule has 314 valence electrons. The molecule has 2 unspecified atom stereocenters. The van der Waals surface area contributed by atoms with Gasteiger partial charge in [-0.2, -0.15) is 0 Å². The zero-order chi connectivity index (χ0) is 39.4. The second-order valence-corrected chi connectivity index (χ2v) is 15.4. The van der Waals surface area contributed by atoms with Gasteiger partial charge in [0, 0.05) is 12.8 Å². The largest absolute Gasteiger partial charge is 0.466 e. The Hall–Kier alpha value is -2.18. The van der Waals surface area contributed by atoms with Gasteiger partial charge in [0.15, 0.2) is 0 Å². The molecule has 54 heavy (non-hydrogen) atoms. The fourth-order valence-corrected chi connectivity index (χ4v) is 6.48. The van der Waals surface area contributed by atoms with Crippen LogP contribution in [0.25, 0.3) is 0 Å². The Morgan fingerprint density at radius 3 is 1.44 bits per heavy atom. The van der Waals surface area contributed by atoms with Crippen LogP contribution in [0.2, 0.25) is 0 Å². The Morgan fingerprint density at radius 2 is 0.926 bits per heavy atom. The molecule has 6 nitrogen and oxygen atoms in total. The number of aliphatic hydroxyl groups excluding tert-OH is 2. The summed E-state index contributed by atoms with van der Waals surface area (Å²) in [5, 5.41) is 22.9. The van der Waals surface area contributed by atoms with Crippen molar-refractivity contribution in [2.75, 3.05) is 13.2 Å². The molecule has 0 aliphatic heterocycles. The number of carbonyl (C=O) groups excluding carboxylic acids is 2. The van der Waals surface area contributed by atoms with E-state index in [0.717, 1.165) is 96.3 Å². The molecule has 0 saturated heterocycles. The van der Waals surface area contributed by atoms with Gasteiger partial charge in [0.25, 0.3) is 0 Å². The van der Waals surface area contributed by atoms with Crippen LogP contribution in [0.15, 0.2) is 48.6 Å². The third-order valence-corrected chi connectivity index (χ3v) is 10.1. The maximum atomic E-state index is 12.3. The van der Waals surface area contributed by atoms with Crippen LogP contribution < -0.4 is 5.32 Å². The minimum atomic E-state index is -0.862. The van der Waals surface area contributed by atoms with Gasteiger partial charge in [-0.1, -0.05) is 165 Å². The number of hydrogen-bond donors (Lipinski definition) is 3. The smallest absolute Gasteiger partial charge is 0.305 e. The van der Waals surface area contributed by atoms with Crippen molar-refractivity contribution in [2.45, 2.75) is 231 Å².